The van der Waals surface area contributed by atoms with Crippen LogP contribution in [0.1, 0.15) is 5.56 Å². The lowest BCUT2D eigenvalue weighted by Crippen LogP contribution is -2.27. The molecule has 0 fully saturated rings. The largest absolute Gasteiger partial charge is 0.326 e. The number of amides is 1. The maximum absolute atomic E-state index is 11.6. The highest BCUT2D eigenvalue weighted by Gasteiger charge is 2.19. The highest BCUT2D eigenvalue weighted by atomic mass is 32.2. The number of hydrogen-bond acceptors (Lipinski definition) is 6. The van der Waals surface area contributed by atoms with Gasteiger partial charge in [0.05, 0.1) is 11.5 Å². The highest BCUT2D eigenvalue weighted by molar-refractivity contribution is 7.95. The predicted molar refractivity (Wildman–Crippen MR) is 81.3 cm³/mol. The molecule has 118 valence electrons. The number of nitrogens with two attached hydrogens (primary N) is 1. The number of benzene rings is 1. The van der Waals surface area contributed by atoms with Crippen molar-refractivity contribution in [3.05, 3.63) is 29.8 Å². The molecule has 21 heavy (non-hydrogen) atoms. The normalized spacial score (nSPS) is 12.1. The average molecular weight is 334 g/mol. The van der Waals surface area contributed by atoms with Gasteiger partial charge < -0.3 is 11.1 Å². The van der Waals surface area contributed by atoms with Gasteiger partial charge >= 0.3 is 0 Å². The van der Waals surface area contributed by atoms with E-state index in [1.54, 1.807) is 24.3 Å². The Morgan fingerprint density at radius 2 is 1.67 bits per heavy atom. The van der Waals surface area contributed by atoms with E-state index in [0.29, 0.717) is 12.2 Å². The van der Waals surface area contributed by atoms with Crippen molar-refractivity contribution in [1.82, 2.24) is 0 Å². The fraction of sp³-hybridized carbons (Fsp3) is 0.417. The van der Waals surface area contributed by atoms with E-state index in [1.165, 1.54) is 0 Å². The summed E-state index contributed by atoms with van der Waals surface area (Å²) < 4.78 is 45.2. The second-order valence-corrected chi connectivity index (χ2v) is 9.11. The number of nitrogens with one attached hydrogen (secondary N) is 1. The molecule has 1 amide bonds. The van der Waals surface area contributed by atoms with E-state index in [2.05, 4.69) is 5.32 Å². The lowest BCUT2D eigenvalue weighted by atomic mass is 10.2. The van der Waals surface area contributed by atoms with Crippen LogP contribution in [-0.4, -0.2) is 46.3 Å². The second kappa shape index (κ2) is 7.01. The van der Waals surface area contributed by atoms with Crippen LogP contribution in [0.3, 0.4) is 0 Å². The molecular weight excluding hydrogens is 316 g/mol. The molecule has 0 bridgehead atoms. The molecule has 1 aromatic carbocycles. The van der Waals surface area contributed by atoms with Crippen molar-refractivity contribution in [2.24, 2.45) is 5.73 Å². The molecular formula is C12H18N2O5S2. The second-order valence-electron chi connectivity index (χ2n) is 4.67. The standard InChI is InChI=1S/C12H18N2O5S2/c1-20(16,17)6-7-21(18,19)9-12(15)14-11-4-2-10(8-13)3-5-11/h2-5H,6-9,13H2,1H3,(H,14,15). The van der Waals surface area contributed by atoms with Gasteiger partial charge in [0.2, 0.25) is 5.91 Å². The van der Waals surface area contributed by atoms with E-state index in [0.717, 1.165) is 11.8 Å². The average Bonchev–Trinajstić information content (AvgIpc) is 2.36. The third kappa shape index (κ3) is 7.21. The first kappa shape index (κ1) is 17.6. The zero-order valence-electron chi connectivity index (χ0n) is 11.6. The van der Waals surface area contributed by atoms with Crippen LogP contribution < -0.4 is 11.1 Å². The summed E-state index contributed by atoms with van der Waals surface area (Å²) in [7, 11) is -7.14. The van der Waals surface area contributed by atoms with E-state index < -0.39 is 42.8 Å². The van der Waals surface area contributed by atoms with Crippen LogP contribution in [0.25, 0.3) is 0 Å². The molecule has 0 atom stereocenters. The summed E-state index contributed by atoms with van der Waals surface area (Å²) in [5.41, 5.74) is 6.77. The Kier molecular flexibility index (Phi) is 5.87. The van der Waals surface area contributed by atoms with Gasteiger partial charge in [-0.3, -0.25) is 4.79 Å². The Morgan fingerprint density at radius 3 is 2.14 bits per heavy atom. The van der Waals surface area contributed by atoms with E-state index in [9.17, 15) is 21.6 Å². The SMILES string of the molecule is CS(=O)(=O)CCS(=O)(=O)CC(=O)Nc1ccc(CN)cc1. The molecule has 7 nitrogen and oxygen atoms in total. The van der Waals surface area contributed by atoms with Gasteiger partial charge in [-0.15, -0.1) is 0 Å². The number of sulfone groups is 2. The molecule has 9 heteroatoms. The molecule has 1 aromatic rings. The minimum absolute atomic E-state index is 0.369. The fourth-order valence-corrected chi connectivity index (χ4v) is 4.31. The summed E-state index contributed by atoms with van der Waals surface area (Å²) in [6, 6.07) is 6.66. The van der Waals surface area contributed by atoms with Crippen LogP contribution in [0, 0.1) is 0 Å². The molecule has 0 aliphatic rings. The summed E-state index contributed by atoms with van der Waals surface area (Å²) in [6.45, 7) is 0.369. The predicted octanol–water partition coefficient (Wildman–Crippen LogP) is -0.457. The highest BCUT2D eigenvalue weighted by Crippen LogP contribution is 2.09. The third-order valence-electron chi connectivity index (χ3n) is 2.59. The smallest absolute Gasteiger partial charge is 0.239 e. The molecule has 1 rings (SSSR count). The van der Waals surface area contributed by atoms with Gasteiger partial charge in [0.1, 0.15) is 15.6 Å². The van der Waals surface area contributed by atoms with Crippen LogP contribution in [0.2, 0.25) is 0 Å². The molecule has 0 saturated heterocycles. The van der Waals surface area contributed by atoms with Crippen LogP contribution in [0.5, 0.6) is 0 Å². The van der Waals surface area contributed by atoms with Crippen LogP contribution in [0.4, 0.5) is 5.69 Å². The quantitative estimate of drug-likeness (QED) is 0.695. The first-order valence-electron chi connectivity index (χ1n) is 6.08. The maximum atomic E-state index is 11.6. The third-order valence-corrected chi connectivity index (χ3v) is 5.32. The van der Waals surface area contributed by atoms with Crippen LogP contribution in [0.15, 0.2) is 24.3 Å². The van der Waals surface area contributed by atoms with E-state index in [-0.39, 0.29) is 0 Å². The molecule has 0 unspecified atom stereocenters. The Balaban J connectivity index is 2.59. The summed E-state index contributed by atoms with van der Waals surface area (Å²) in [5, 5.41) is 2.44. The summed E-state index contributed by atoms with van der Waals surface area (Å²) in [5.74, 6) is -2.51. The van der Waals surface area contributed by atoms with E-state index >= 15 is 0 Å². The van der Waals surface area contributed by atoms with Crippen molar-refractivity contribution in [1.29, 1.82) is 0 Å². The zero-order chi connectivity index (χ0) is 16.1. The molecule has 0 spiro atoms. The Labute approximate surface area is 124 Å². The first-order valence-corrected chi connectivity index (χ1v) is 9.96. The van der Waals surface area contributed by atoms with Crippen molar-refractivity contribution in [3.63, 3.8) is 0 Å². The van der Waals surface area contributed by atoms with Crippen molar-refractivity contribution >= 4 is 31.3 Å². The van der Waals surface area contributed by atoms with Crippen molar-refractivity contribution in [2.45, 2.75) is 6.54 Å². The molecule has 0 aromatic heterocycles. The number of anilines is 1. The lowest BCUT2D eigenvalue weighted by Gasteiger charge is -2.07. The Hall–Kier alpha value is -1.45. The molecule has 0 saturated carbocycles. The number of hydrogen-bond donors (Lipinski definition) is 2. The van der Waals surface area contributed by atoms with Gasteiger partial charge in [-0.2, -0.15) is 0 Å². The van der Waals surface area contributed by atoms with Crippen molar-refractivity contribution < 1.29 is 21.6 Å². The number of carbonyl (C=O) groups is 1. The van der Waals surface area contributed by atoms with Gasteiger partial charge in [-0.05, 0) is 17.7 Å². The van der Waals surface area contributed by atoms with Crippen molar-refractivity contribution in [2.75, 3.05) is 28.8 Å². The monoisotopic (exact) mass is 334 g/mol. The molecule has 0 aliphatic carbocycles. The van der Waals surface area contributed by atoms with Gasteiger partial charge in [0, 0.05) is 18.5 Å². The molecule has 0 radical (unpaired) electrons. The van der Waals surface area contributed by atoms with E-state index in [4.69, 9.17) is 5.73 Å². The van der Waals surface area contributed by atoms with Gasteiger partial charge in [-0.25, -0.2) is 16.8 Å². The van der Waals surface area contributed by atoms with Gasteiger partial charge in [-0.1, -0.05) is 12.1 Å². The Bertz CT molecular complexity index is 694. The molecule has 3 N–H and O–H groups in total. The first-order chi connectivity index (χ1) is 9.61. The minimum Gasteiger partial charge on any atom is -0.326 e. The van der Waals surface area contributed by atoms with Crippen LogP contribution >= 0.6 is 0 Å². The maximum Gasteiger partial charge on any atom is 0.239 e. The summed E-state index contributed by atoms with van der Waals surface area (Å²) in [6.07, 6.45) is 0.946. The van der Waals surface area contributed by atoms with Gasteiger partial charge in [0.15, 0.2) is 9.84 Å². The van der Waals surface area contributed by atoms with Gasteiger partial charge in [0.25, 0.3) is 0 Å². The van der Waals surface area contributed by atoms with Crippen LogP contribution in [-0.2, 0) is 31.0 Å². The summed E-state index contributed by atoms with van der Waals surface area (Å²) >= 11 is 0. The lowest BCUT2D eigenvalue weighted by molar-refractivity contribution is -0.113. The van der Waals surface area contributed by atoms with Crippen molar-refractivity contribution in [3.8, 4) is 0 Å². The van der Waals surface area contributed by atoms with E-state index in [1.807, 2.05) is 0 Å². The molecule has 0 aliphatic heterocycles. The zero-order valence-corrected chi connectivity index (χ0v) is 13.2. The fourth-order valence-electron chi connectivity index (χ4n) is 1.47. The summed E-state index contributed by atoms with van der Waals surface area (Å²) in [4.78, 5) is 11.6. The Morgan fingerprint density at radius 1 is 1.10 bits per heavy atom. The molecule has 0 heterocycles. The number of carbonyl (C=O) groups excluding carboxylic acids is 1. The topological polar surface area (TPSA) is 123 Å². The minimum atomic E-state index is -3.76. The number of rotatable bonds is 7.